The molecule has 2 aromatic rings. The molecule has 0 atom stereocenters. The SMILES string of the molecule is Cc1ccnc(Sc2ncns2)c1N. The van der Waals surface area contributed by atoms with E-state index >= 15 is 0 Å². The Morgan fingerprint density at radius 3 is 3.00 bits per heavy atom. The summed E-state index contributed by atoms with van der Waals surface area (Å²) in [4.78, 5) is 8.25. The second-order valence-corrected chi connectivity index (χ2v) is 4.67. The van der Waals surface area contributed by atoms with E-state index < -0.39 is 0 Å². The summed E-state index contributed by atoms with van der Waals surface area (Å²) in [6.45, 7) is 1.96. The van der Waals surface area contributed by atoms with Gasteiger partial charge >= 0.3 is 0 Å². The van der Waals surface area contributed by atoms with Crippen LogP contribution in [0.15, 0.2) is 28.0 Å². The van der Waals surface area contributed by atoms with Crippen LogP contribution < -0.4 is 5.73 Å². The van der Waals surface area contributed by atoms with E-state index in [4.69, 9.17) is 5.73 Å². The fourth-order valence-corrected chi connectivity index (χ4v) is 2.36. The van der Waals surface area contributed by atoms with Crippen molar-refractivity contribution in [2.24, 2.45) is 0 Å². The fraction of sp³-hybridized carbons (Fsp3) is 0.125. The molecule has 2 heterocycles. The molecule has 0 aromatic carbocycles. The normalized spacial score (nSPS) is 10.4. The maximum atomic E-state index is 5.87. The lowest BCUT2D eigenvalue weighted by Gasteiger charge is -2.03. The summed E-state index contributed by atoms with van der Waals surface area (Å²) in [5.41, 5.74) is 7.62. The van der Waals surface area contributed by atoms with E-state index in [1.54, 1.807) is 6.20 Å². The minimum atomic E-state index is 0.715. The Bertz CT molecular complexity index is 427. The van der Waals surface area contributed by atoms with Crippen LogP contribution in [0.4, 0.5) is 5.69 Å². The first-order chi connectivity index (χ1) is 6.77. The van der Waals surface area contributed by atoms with E-state index in [0.29, 0.717) is 5.69 Å². The number of aromatic nitrogens is 3. The number of hydrogen-bond acceptors (Lipinski definition) is 6. The lowest BCUT2D eigenvalue weighted by atomic mass is 10.3. The van der Waals surface area contributed by atoms with Crippen molar-refractivity contribution in [3.05, 3.63) is 24.2 Å². The van der Waals surface area contributed by atoms with Crippen LogP contribution in [-0.4, -0.2) is 14.3 Å². The molecule has 4 nitrogen and oxygen atoms in total. The van der Waals surface area contributed by atoms with Gasteiger partial charge in [0, 0.05) is 6.20 Å². The predicted molar refractivity (Wildman–Crippen MR) is 57.4 cm³/mol. The number of aryl methyl sites for hydroxylation is 1. The standard InChI is InChI=1S/C8H8N4S2/c1-5-2-3-10-7(6(5)9)13-8-11-4-12-14-8/h2-4H,9H2,1H3. The Morgan fingerprint density at radius 1 is 1.43 bits per heavy atom. The molecule has 2 N–H and O–H groups in total. The molecule has 0 bridgehead atoms. The molecule has 14 heavy (non-hydrogen) atoms. The molecule has 6 heteroatoms. The number of nitrogen functional groups attached to an aromatic ring is 1. The Labute approximate surface area is 89.8 Å². The Balaban J connectivity index is 2.29. The molecular weight excluding hydrogens is 216 g/mol. The number of rotatable bonds is 2. The summed E-state index contributed by atoms with van der Waals surface area (Å²) in [6.07, 6.45) is 3.27. The van der Waals surface area contributed by atoms with Gasteiger partial charge in [0.1, 0.15) is 11.4 Å². The molecule has 0 fully saturated rings. The number of nitrogens with two attached hydrogens (primary N) is 1. The minimum absolute atomic E-state index is 0.715. The molecule has 0 spiro atoms. The topological polar surface area (TPSA) is 64.7 Å². The number of hydrogen-bond donors (Lipinski definition) is 1. The molecule has 0 unspecified atom stereocenters. The first-order valence-corrected chi connectivity index (χ1v) is 5.52. The Hall–Kier alpha value is -1.14. The molecule has 2 aromatic heterocycles. The van der Waals surface area contributed by atoms with Crippen LogP contribution in [0.25, 0.3) is 0 Å². The predicted octanol–water partition coefficient (Wildman–Crippen LogP) is 1.97. The van der Waals surface area contributed by atoms with Gasteiger partial charge in [0.2, 0.25) is 0 Å². The lowest BCUT2D eigenvalue weighted by molar-refractivity contribution is 1.11. The molecule has 0 saturated carbocycles. The van der Waals surface area contributed by atoms with Crippen molar-refractivity contribution >= 4 is 29.0 Å². The summed E-state index contributed by atoms with van der Waals surface area (Å²) >= 11 is 2.78. The van der Waals surface area contributed by atoms with Gasteiger partial charge in [-0.1, -0.05) is 0 Å². The molecule has 0 aliphatic heterocycles. The van der Waals surface area contributed by atoms with Gasteiger partial charge in [0.05, 0.1) is 5.69 Å². The van der Waals surface area contributed by atoms with Crippen LogP contribution in [0.5, 0.6) is 0 Å². The summed E-state index contributed by atoms with van der Waals surface area (Å²) in [7, 11) is 0. The van der Waals surface area contributed by atoms with Gasteiger partial charge in [-0.05, 0) is 41.8 Å². The molecule has 2 rings (SSSR count). The molecular formula is C8H8N4S2. The molecule has 0 saturated heterocycles. The zero-order chi connectivity index (χ0) is 9.97. The van der Waals surface area contributed by atoms with Crippen molar-refractivity contribution < 1.29 is 0 Å². The smallest absolute Gasteiger partial charge is 0.176 e. The fourth-order valence-electron chi connectivity index (χ4n) is 0.917. The largest absolute Gasteiger partial charge is 0.396 e. The van der Waals surface area contributed by atoms with Crippen molar-refractivity contribution in [2.45, 2.75) is 16.3 Å². The van der Waals surface area contributed by atoms with Gasteiger partial charge in [-0.15, -0.1) is 0 Å². The number of pyridine rings is 1. The van der Waals surface area contributed by atoms with Gasteiger partial charge in [-0.3, -0.25) is 0 Å². The molecule has 0 amide bonds. The molecule has 0 aliphatic rings. The average molecular weight is 224 g/mol. The zero-order valence-electron chi connectivity index (χ0n) is 7.47. The third-order valence-corrected chi connectivity index (χ3v) is 3.43. The monoisotopic (exact) mass is 224 g/mol. The van der Waals surface area contributed by atoms with Crippen molar-refractivity contribution in [1.29, 1.82) is 0 Å². The van der Waals surface area contributed by atoms with E-state index in [-0.39, 0.29) is 0 Å². The second-order valence-electron chi connectivity index (χ2n) is 2.66. The van der Waals surface area contributed by atoms with Crippen molar-refractivity contribution in [3.63, 3.8) is 0 Å². The number of anilines is 1. The van der Waals surface area contributed by atoms with Crippen molar-refractivity contribution in [2.75, 3.05) is 5.73 Å². The van der Waals surface area contributed by atoms with Gasteiger partial charge in [0.15, 0.2) is 4.34 Å². The van der Waals surface area contributed by atoms with E-state index in [1.807, 2.05) is 13.0 Å². The van der Waals surface area contributed by atoms with E-state index in [1.165, 1.54) is 29.6 Å². The third-order valence-electron chi connectivity index (χ3n) is 1.70. The van der Waals surface area contributed by atoms with Crippen LogP contribution in [0.1, 0.15) is 5.56 Å². The summed E-state index contributed by atoms with van der Waals surface area (Å²) < 4.78 is 4.77. The lowest BCUT2D eigenvalue weighted by Crippen LogP contribution is -1.94. The highest BCUT2D eigenvalue weighted by Gasteiger charge is 2.07. The number of nitrogens with zero attached hydrogens (tertiary/aromatic N) is 3. The summed E-state index contributed by atoms with van der Waals surface area (Å²) in [6, 6.07) is 1.89. The first kappa shape index (κ1) is 9.42. The summed E-state index contributed by atoms with van der Waals surface area (Å²) in [5.74, 6) is 0. The third kappa shape index (κ3) is 1.85. The molecule has 0 aliphatic carbocycles. The quantitative estimate of drug-likeness (QED) is 0.845. The Morgan fingerprint density at radius 2 is 2.29 bits per heavy atom. The van der Waals surface area contributed by atoms with Crippen LogP contribution in [-0.2, 0) is 0 Å². The maximum Gasteiger partial charge on any atom is 0.176 e. The van der Waals surface area contributed by atoms with Crippen molar-refractivity contribution in [3.8, 4) is 0 Å². The average Bonchev–Trinajstić information content (AvgIpc) is 2.66. The van der Waals surface area contributed by atoms with Gasteiger partial charge in [0.25, 0.3) is 0 Å². The zero-order valence-corrected chi connectivity index (χ0v) is 9.10. The highest BCUT2D eigenvalue weighted by atomic mass is 32.2. The molecule has 0 radical (unpaired) electrons. The minimum Gasteiger partial charge on any atom is -0.396 e. The van der Waals surface area contributed by atoms with E-state index in [0.717, 1.165) is 14.9 Å². The van der Waals surface area contributed by atoms with Crippen LogP contribution in [0, 0.1) is 6.92 Å². The van der Waals surface area contributed by atoms with Gasteiger partial charge in [-0.25, -0.2) is 9.97 Å². The molecule has 72 valence electrons. The van der Waals surface area contributed by atoms with Crippen LogP contribution >= 0.6 is 23.3 Å². The maximum absolute atomic E-state index is 5.87. The van der Waals surface area contributed by atoms with Gasteiger partial charge < -0.3 is 5.73 Å². The second kappa shape index (κ2) is 3.93. The Kier molecular flexibility index (Phi) is 2.64. The highest BCUT2D eigenvalue weighted by Crippen LogP contribution is 2.31. The first-order valence-electron chi connectivity index (χ1n) is 3.93. The van der Waals surface area contributed by atoms with E-state index in [9.17, 15) is 0 Å². The highest BCUT2D eigenvalue weighted by molar-refractivity contribution is 8.01. The van der Waals surface area contributed by atoms with Crippen molar-refractivity contribution in [1.82, 2.24) is 14.3 Å². The van der Waals surface area contributed by atoms with E-state index in [2.05, 4.69) is 14.3 Å². The van der Waals surface area contributed by atoms with Gasteiger partial charge in [-0.2, -0.15) is 4.37 Å². The van der Waals surface area contributed by atoms with Crippen LogP contribution in [0.3, 0.4) is 0 Å². The summed E-state index contributed by atoms with van der Waals surface area (Å²) in [5, 5.41) is 0.793. The van der Waals surface area contributed by atoms with Crippen LogP contribution in [0.2, 0.25) is 0 Å².